The lowest BCUT2D eigenvalue weighted by Crippen LogP contribution is -2.08. The molecule has 0 bridgehead atoms. The molecule has 0 amide bonds. The average Bonchev–Trinajstić information content (AvgIpc) is 3.10. The van der Waals surface area contributed by atoms with Crippen LogP contribution < -0.4 is 4.74 Å². The normalized spacial score (nSPS) is 14.4. The summed E-state index contributed by atoms with van der Waals surface area (Å²) < 4.78 is 10.7. The van der Waals surface area contributed by atoms with Gasteiger partial charge in [-0.05, 0) is 61.4 Å². The SMILES string of the molecule is Cc1cccc(C(=O)Oc2ccc(/C=C3\N=C(c4ccccc4C)OC3=O)cc2)c1. The standard InChI is InChI=1S/C25H19NO4/c1-16-6-5-8-19(14-16)24(27)29-20-12-10-18(11-13-20)15-22-25(28)30-23(26-22)21-9-4-3-7-17(21)2/h3-15H,1-2H3/b22-15-. The third-order valence-corrected chi connectivity index (χ3v) is 4.64. The lowest BCUT2D eigenvalue weighted by molar-refractivity contribution is -0.129. The summed E-state index contributed by atoms with van der Waals surface area (Å²) in [6.45, 7) is 3.85. The first-order chi connectivity index (χ1) is 14.5. The molecule has 3 aromatic carbocycles. The van der Waals surface area contributed by atoms with Crippen LogP contribution in [0.15, 0.2) is 83.5 Å². The maximum atomic E-state index is 12.3. The third kappa shape index (κ3) is 4.20. The van der Waals surface area contributed by atoms with Crippen molar-refractivity contribution in [1.29, 1.82) is 0 Å². The van der Waals surface area contributed by atoms with Gasteiger partial charge in [0.15, 0.2) is 5.70 Å². The first-order valence-corrected chi connectivity index (χ1v) is 9.47. The molecule has 0 spiro atoms. The van der Waals surface area contributed by atoms with Crippen LogP contribution in [0.4, 0.5) is 0 Å². The van der Waals surface area contributed by atoms with Crippen molar-refractivity contribution in [3.05, 3.63) is 106 Å². The zero-order valence-corrected chi connectivity index (χ0v) is 16.6. The summed E-state index contributed by atoms with van der Waals surface area (Å²) in [5.41, 5.74) is 4.20. The van der Waals surface area contributed by atoms with Gasteiger partial charge in [0.25, 0.3) is 0 Å². The maximum absolute atomic E-state index is 12.3. The van der Waals surface area contributed by atoms with Gasteiger partial charge in [0.1, 0.15) is 5.75 Å². The van der Waals surface area contributed by atoms with Crippen LogP contribution in [0, 0.1) is 13.8 Å². The van der Waals surface area contributed by atoms with Gasteiger partial charge < -0.3 is 9.47 Å². The highest BCUT2D eigenvalue weighted by Gasteiger charge is 2.24. The van der Waals surface area contributed by atoms with Crippen molar-refractivity contribution in [2.45, 2.75) is 13.8 Å². The van der Waals surface area contributed by atoms with E-state index in [0.717, 1.165) is 22.3 Å². The van der Waals surface area contributed by atoms with Gasteiger partial charge in [0, 0.05) is 5.56 Å². The van der Waals surface area contributed by atoms with E-state index in [1.54, 1.807) is 42.5 Å². The average molecular weight is 397 g/mol. The van der Waals surface area contributed by atoms with E-state index in [2.05, 4.69) is 4.99 Å². The number of ether oxygens (including phenoxy) is 2. The number of aliphatic imine (C=N–C) groups is 1. The summed E-state index contributed by atoms with van der Waals surface area (Å²) in [7, 11) is 0. The third-order valence-electron chi connectivity index (χ3n) is 4.64. The molecule has 30 heavy (non-hydrogen) atoms. The second-order valence-corrected chi connectivity index (χ2v) is 6.98. The number of esters is 2. The molecule has 148 valence electrons. The molecule has 0 saturated carbocycles. The van der Waals surface area contributed by atoms with E-state index in [9.17, 15) is 9.59 Å². The highest BCUT2D eigenvalue weighted by molar-refractivity contribution is 6.13. The number of benzene rings is 3. The fraction of sp³-hybridized carbons (Fsp3) is 0.0800. The van der Waals surface area contributed by atoms with Crippen molar-refractivity contribution in [3.8, 4) is 5.75 Å². The second kappa shape index (κ2) is 8.17. The Morgan fingerprint density at radius 2 is 1.73 bits per heavy atom. The van der Waals surface area contributed by atoms with Crippen LogP contribution in [0.3, 0.4) is 0 Å². The van der Waals surface area contributed by atoms with Crippen LogP contribution in [0.5, 0.6) is 5.75 Å². The molecular formula is C25H19NO4. The molecule has 5 nitrogen and oxygen atoms in total. The molecule has 5 heteroatoms. The van der Waals surface area contributed by atoms with Gasteiger partial charge >= 0.3 is 11.9 Å². The molecule has 4 rings (SSSR count). The number of hydrogen-bond acceptors (Lipinski definition) is 5. The Labute approximate surface area is 174 Å². The van der Waals surface area contributed by atoms with Crippen LogP contribution in [0.2, 0.25) is 0 Å². The Morgan fingerprint density at radius 1 is 0.967 bits per heavy atom. The predicted molar refractivity (Wildman–Crippen MR) is 114 cm³/mol. The number of aryl methyl sites for hydroxylation is 2. The molecule has 1 aliphatic heterocycles. The minimum atomic E-state index is -0.497. The van der Waals surface area contributed by atoms with Crippen molar-refractivity contribution in [2.24, 2.45) is 4.99 Å². The topological polar surface area (TPSA) is 65.0 Å². The van der Waals surface area contributed by atoms with Crippen molar-refractivity contribution in [2.75, 3.05) is 0 Å². The Balaban J connectivity index is 1.50. The number of carbonyl (C=O) groups is 2. The van der Waals surface area contributed by atoms with Crippen molar-refractivity contribution in [3.63, 3.8) is 0 Å². The van der Waals surface area contributed by atoms with Gasteiger partial charge in [-0.2, -0.15) is 0 Å². The summed E-state index contributed by atoms with van der Waals surface area (Å²) >= 11 is 0. The molecule has 0 atom stereocenters. The number of cyclic esters (lactones) is 1. The molecule has 3 aromatic rings. The molecule has 1 aliphatic rings. The van der Waals surface area contributed by atoms with E-state index in [1.807, 2.05) is 50.2 Å². The minimum absolute atomic E-state index is 0.220. The van der Waals surface area contributed by atoms with Crippen molar-refractivity contribution < 1.29 is 19.1 Å². The fourth-order valence-electron chi connectivity index (χ4n) is 3.07. The molecule has 0 fully saturated rings. The summed E-state index contributed by atoms with van der Waals surface area (Å²) in [6.07, 6.45) is 1.64. The van der Waals surface area contributed by atoms with Crippen LogP contribution in [0.1, 0.15) is 32.6 Å². The van der Waals surface area contributed by atoms with Gasteiger partial charge in [-0.1, -0.05) is 48.0 Å². The number of nitrogens with zero attached hydrogens (tertiary/aromatic N) is 1. The first kappa shape index (κ1) is 19.3. The maximum Gasteiger partial charge on any atom is 0.363 e. The smallest absolute Gasteiger partial charge is 0.363 e. The second-order valence-electron chi connectivity index (χ2n) is 6.98. The van der Waals surface area contributed by atoms with E-state index >= 15 is 0 Å². The Kier molecular flexibility index (Phi) is 5.26. The number of hydrogen-bond donors (Lipinski definition) is 0. The summed E-state index contributed by atoms with van der Waals surface area (Å²) in [5, 5.41) is 0. The first-order valence-electron chi connectivity index (χ1n) is 9.47. The molecule has 1 heterocycles. The summed E-state index contributed by atoms with van der Waals surface area (Å²) in [5.74, 6) is -0.199. The zero-order chi connectivity index (χ0) is 21.1. The highest BCUT2D eigenvalue weighted by Crippen LogP contribution is 2.22. The highest BCUT2D eigenvalue weighted by atomic mass is 16.6. The fourth-order valence-corrected chi connectivity index (χ4v) is 3.07. The van der Waals surface area contributed by atoms with Gasteiger partial charge in [-0.3, -0.25) is 0 Å². The quantitative estimate of drug-likeness (QED) is 0.358. The van der Waals surface area contributed by atoms with Crippen LogP contribution in [-0.2, 0) is 9.53 Å². The number of carbonyl (C=O) groups excluding carboxylic acids is 2. The Bertz CT molecular complexity index is 1190. The Hall–Kier alpha value is -3.99. The monoisotopic (exact) mass is 397 g/mol. The van der Waals surface area contributed by atoms with E-state index in [1.165, 1.54) is 0 Å². The van der Waals surface area contributed by atoms with Gasteiger partial charge in [0.05, 0.1) is 5.56 Å². The molecule has 0 unspecified atom stereocenters. The predicted octanol–water partition coefficient (Wildman–Crippen LogP) is 4.87. The van der Waals surface area contributed by atoms with Gasteiger partial charge in [-0.25, -0.2) is 14.6 Å². The van der Waals surface area contributed by atoms with E-state index in [-0.39, 0.29) is 5.70 Å². The zero-order valence-electron chi connectivity index (χ0n) is 16.6. The molecule has 0 radical (unpaired) electrons. The van der Waals surface area contributed by atoms with Crippen LogP contribution >= 0.6 is 0 Å². The molecular weight excluding hydrogens is 378 g/mol. The van der Waals surface area contributed by atoms with Crippen LogP contribution in [-0.4, -0.2) is 17.8 Å². The lowest BCUT2D eigenvalue weighted by Gasteiger charge is -2.05. The van der Waals surface area contributed by atoms with Crippen molar-refractivity contribution in [1.82, 2.24) is 0 Å². The molecule has 0 saturated heterocycles. The minimum Gasteiger partial charge on any atom is -0.423 e. The lowest BCUT2D eigenvalue weighted by atomic mass is 10.1. The van der Waals surface area contributed by atoms with Crippen LogP contribution in [0.25, 0.3) is 6.08 Å². The van der Waals surface area contributed by atoms with Crippen molar-refractivity contribution >= 4 is 23.9 Å². The summed E-state index contributed by atoms with van der Waals surface area (Å²) in [6, 6.07) is 21.7. The van der Waals surface area contributed by atoms with E-state index < -0.39 is 11.9 Å². The largest absolute Gasteiger partial charge is 0.423 e. The molecule has 0 N–H and O–H groups in total. The van der Waals surface area contributed by atoms with E-state index in [0.29, 0.717) is 17.2 Å². The van der Waals surface area contributed by atoms with E-state index in [4.69, 9.17) is 9.47 Å². The number of rotatable bonds is 4. The van der Waals surface area contributed by atoms with Gasteiger partial charge in [0.2, 0.25) is 5.90 Å². The molecule has 0 aliphatic carbocycles. The summed E-state index contributed by atoms with van der Waals surface area (Å²) in [4.78, 5) is 28.8. The molecule has 0 aromatic heterocycles. The Morgan fingerprint density at radius 3 is 2.47 bits per heavy atom. The van der Waals surface area contributed by atoms with Gasteiger partial charge in [-0.15, -0.1) is 0 Å².